The van der Waals surface area contributed by atoms with E-state index < -0.39 is 0 Å². The number of aromatic nitrogens is 1. The summed E-state index contributed by atoms with van der Waals surface area (Å²) in [4.78, 5) is 4.90. The second-order valence-electron chi connectivity index (χ2n) is 5.59. The molecule has 0 aliphatic rings. The van der Waals surface area contributed by atoms with Crippen LogP contribution in [0.15, 0.2) is 78.9 Å². The molecular formula is C21H13Cl2N. The quantitative estimate of drug-likeness (QED) is 0.384. The zero-order valence-electron chi connectivity index (χ0n) is 12.7. The number of rotatable bonds is 2. The van der Waals surface area contributed by atoms with Gasteiger partial charge in [0.2, 0.25) is 0 Å². The number of fused-ring (bicyclic) bond motifs is 1. The van der Waals surface area contributed by atoms with Gasteiger partial charge in [0.25, 0.3) is 0 Å². The Morgan fingerprint density at radius 2 is 1.21 bits per heavy atom. The predicted molar refractivity (Wildman–Crippen MR) is 103 cm³/mol. The van der Waals surface area contributed by atoms with E-state index in [0.29, 0.717) is 5.02 Å². The van der Waals surface area contributed by atoms with E-state index in [2.05, 4.69) is 12.1 Å². The maximum absolute atomic E-state index is 6.04. The van der Waals surface area contributed by atoms with Gasteiger partial charge in [0.1, 0.15) is 0 Å². The van der Waals surface area contributed by atoms with E-state index in [9.17, 15) is 0 Å². The van der Waals surface area contributed by atoms with Crippen molar-refractivity contribution in [2.75, 3.05) is 0 Å². The Morgan fingerprint density at radius 1 is 0.625 bits per heavy atom. The lowest BCUT2D eigenvalue weighted by molar-refractivity contribution is 1.39. The summed E-state index contributed by atoms with van der Waals surface area (Å²) >= 11 is 12.1. The number of benzene rings is 3. The van der Waals surface area contributed by atoms with Gasteiger partial charge in [-0.15, -0.1) is 0 Å². The van der Waals surface area contributed by atoms with Crippen molar-refractivity contribution in [1.29, 1.82) is 0 Å². The van der Waals surface area contributed by atoms with E-state index in [-0.39, 0.29) is 0 Å². The third kappa shape index (κ3) is 2.89. The van der Waals surface area contributed by atoms with E-state index >= 15 is 0 Å². The predicted octanol–water partition coefficient (Wildman–Crippen LogP) is 6.88. The van der Waals surface area contributed by atoms with Gasteiger partial charge in [0.15, 0.2) is 0 Å². The minimum Gasteiger partial charge on any atom is -0.247 e. The van der Waals surface area contributed by atoms with Crippen LogP contribution >= 0.6 is 23.2 Å². The van der Waals surface area contributed by atoms with Crippen LogP contribution in [0.2, 0.25) is 10.0 Å². The normalized spacial score (nSPS) is 10.9. The highest BCUT2D eigenvalue weighted by atomic mass is 35.5. The van der Waals surface area contributed by atoms with E-state index in [1.807, 2.05) is 66.7 Å². The number of halogens is 2. The van der Waals surface area contributed by atoms with Crippen molar-refractivity contribution in [3.8, 4) is 22.4 Å². The molecule has 0 amide bonds. The highest BCUT2D eigenvalue weighted by molar-refractivity contribution is 6.31. The molecule has 3 aromatic carbocycles. The van der Waals surface area contributed by atoms with Gasteiger partial charge in [-0.1, -0.05) is 65.7 Å². The first-order valence-corrected chi connectivity index (χ1v) is 8.38. The first-order chi connectivity index (χ1) is 11.7. The maximum atomic E-state index is 6.04. The molecule has 4 aromatic rings. The Bertz CT molecular complexity index is 922. The molecule has 1 aromatic heterocycles. The lowest BCUT2D eigenvalue weighted by Crippen LogP contribution is -1.91. The van der Waals surface area contributed by atoms with E-state index in [1.165, 1.54) is 0 Å². The first kappa shape index (κ1) is 15.2. The van der Waals surface area contributed by atoms with E-state index in [0.717, 1.165) is 38.3 Å². The fraction of sp³-hybridized carbons (Fsp3) is 0. The maximum Gasteiger partial charge on any atom is 0.0788 e. The van der Waals surface area contributed by atoms with E-state index in [1.54, 1.807) is 0 Å². The van der Waals surface area contributed by atoms with Crippen LogP contribution in [-0.4, -0.2) is 4.98 Å². The van der Waals surface area contributed by atoms with Crippen LogP contribution in [0.3, 0.4) is 0 Å². The fourth-order valence-corrected chi connectivity index (χ4v) is 3.05. The number of hydrogen-bond acceptors (Lipinski definition) is 1. The van der Waals surface area contributed by atoms with E-state index in [4.69, 9.17) is 28.2 Å². The van der Waals surface area contributed by atoms with Crippen LogP contribution in [0.1, 0.15) is 0 Å². The summed E-state index contributed by atoms with van der Waals surface area (Å²) in [5.41, 5.74) is 5.11. The smallest absolute Gasteiger partial charge is 0.0788 e. The first-order valence-electron chi connectivity index (χ1n) is 7.62. The largest absolute Gasteiger partial charge is 0.247 e. The summed E-state index contributed by atoms with van der Waals surface area (Å²) < 4.78 is 0. The number of hydrogen-bond donors (Lipinski definition) is 0. The van der Waals surface area contributed by atoms with Gasteiger partial charge < -0.3 is 0 Å². The van der Waals surface area contributed by atoms with Gasteiger partial charge in [-0.3, -0.25) is 0 Å². The minimum absolute atomic E-state index is 0.715. The second kappa shape index (κ2) is 6.27. The summed E-state index contributed by atoms with van der Waals surface area (Å²) in [6.45, 7) is 0. The van der Waals surface area contributed by atoms with Gasteiger partial charge >= 0.3 is 0 Å². The summed E-state index contributed by atoms with van der Waals surface area (Å²) in [6, 6.07) is 25.9. The average Bonchev–Trinajstić information content (AvgIpc) is 2.62. The van der Waals surface area contributed by atoms with Crippen molar-refractivity contribution in [2.24, 2.45) is 0 Å². The number of nitrogens with zero attached hydrogens (tertiary/aromatic N) is 1. The second-order valence-corrected chi connectivity index (χ2v) is 6.46. The lowest BCUT2D eigenvalue weighted by atomic mass is 9.97. The summed E-state index contributed by atoms with van der Waals surface area (Å²) in [6.07, 6.45) is 0. The highest BCUT2D eigenvalue weighted by Crippen LogP contribution is 2.34. The highest BCUT2D eigenvalue weighted by Gasteiger charge is 2.11. The van der Waals surface area contributed by atoms with Crippen LogP contribution in [0, 0.1) is 0 Å². The third-order valence-electron chi connectivity index (χ3n) is 4.00. The number of para-hydroxylation sites is 1. The van der Waals surface area contributed by atoms with Gasteiger partial charge in [0.05, 0.1) is 11.2 Å². The molecule has 0 N–H and O–H groups in total. The molecule has 3 heteroatoms. The number of pyridine rings is 1. The molecule has 0 saturated carbocycles. The van der Waals surface area contributed by atoms with Crippen LogP contribution in [0.5, 0.6) is 0 Å². The molecule has 0 aliphatic heterocycles. The molecule has 1 heterocycles. The Kier molecular flexibility index (Phi) is 3.97. The standard InChI is InChI=1S/C21H13Cl2N/c22-17-9-5-14(6-10-17)19-13-16-3-1-2-4-20(16)24-21(19)15-7-11-18(23)12-8-15/h1-13H. The Hall–Kier alpha value is -2.35. The molecule has 0 bridgehead atoms. The van der Waals surface area contributed by atoms with Crippen LogP contribution in [0.25, 0.3) is 33.3 Å². The average molecular weight is 350 g/mol. The molecule has 0 aliphatic carbocycles. The van der Waals surface area contributed by atoms with Gasteiger partial charge in [0, 0.05) is 26.6 Å². The van der Waals surface area contributed by atoms with Crippen LogP contribution < -0.4 is 0 Å². The van der Waals surface area contributed by atoms with Crippen molar-refractivity contribution in [3.05, 3.63) is 88.9 Å². The van der Waals surface area contributed by atoms with Gasteiger partial charge in [-0.2, -0.15) is 0 Å². The molecular weight excluding hydrogens is 337 g/mol. The Morgan fingerprint density at radius 3 is 1.88 bits per heavy atom. The summed E-state index contributed by atoms with van der Waals surface area (Å²) in [5.74, 6) is 0. The van der Waals surface area contributed by atoms with Crippen molar-refractivity contribution in [1.82, 2.24) is 4.98 Å². The topological polar surface area (TPSA) is 12.9 Å². The monoisotopic (exact) mass is 349 g/mol. The lowest BCUT2D eigenvalue weighted by Gasteiger charge is -2.12. The zero-order valence-corrected chi connectivity index (χ0v) is 14.2. The van der Waals surface area contributed by atoms with Crippen molar-refractivity contribution >= 4 is 34.1 Å². The van der Waals surface area contributed by atoms with Crippen molar-refractivity contribution in [2.45, 2.75) is 0 Å². The molecule has 0 radical (unpaired) electrons. The molecule has 0 unspecified atom stereocenters. The Balaban J connectivity index is 2.00. The minimum atomic E-state index is 0.715. The van der Waals surface area contributed by atoms with Crippen LogP contribution in [0.4, 0.5) is 0 Å². The molecule has 0 fully saturated rings. The van der Waals surface area contributed by atoms with Gasteiger partial charge in [-0.05, 0) is 42.0 Å². The molecule has 116 valence electrons. The summed E-state index contributed by atoms with van der Waals surface area (Å²) in [5, 5.41) is 2.55. The molecule has 0 spiro atoms. The molecule has 1 nitrogen and oxygen atoms in total. The SMILES string of the molecule is Clc1ccc(-c2cc3ccccc3nc2-c2ccc(Cl)cc2)cc1. The molecule has 24 heavy (non-hydrogen) atoms. The Labute approximate surface area is 150 Å². The van der Waals surface area contributed by atoms with Crippen LogP contribution in [-0.2, 0) is 0 Å². The van der Waals surface area contributed by atoms with Crippen molar-refractivity contribution < 1.29 is 0 Å². The molecule has 4 rings (SSSR count). The van der Waals surface area contributed by atoms with Gasteiger partial charge in [-0.25, -0.2) is 4.98 Å². The zero-order chi connectivity index (χ0) is 16.5. The molecule has 0 atom stereocenters. The molecule has 0 saturated heterocycles. The van der Waals surface area contributed by atoms with Crippen molar-refractivity contribution in [3.63, 3.8) is 0 Å². The third-order valence-corrected chi connectivity index (χ3v) is 4.50. The summed E-state index contributed by atoms with van der Waals surface area (Å²) in [7, 11) is 0. The fourth-order valence-electron chi connectivity index (χ4n) is 2.79.